The zero-order chi connectivity index (χ0) is 9.52. The Kier molecular flexibility index (Phi) is 6.76. The summed E-state index contributed by atoms with van der Waals surface area (Å²) < 4.78 is 0. The van der Waals surface area contributed by atoms with E-state index >= 15 is 0 Å². The molecule has 0 aliphatic rings. The number of aliphatic carboxylic acids is 1. The molecular formula is C10H14ClNO2. The minimum Gasteiger partial charge on any atom is -0.481 e. The Morgan fingerprint density at radius 3 is 2.50 bits per heavy atom. The van der Waals surface area contributed by atoms with E-state index < -0.39 is 5.97 Å². The Morgan fingerprint density at radius 1 is 1.29 bits per heavy atom. The van der Waals surface area contributed by atoms with E-state index in [1.54, 1.807) is 12.4 Å². The molecule has 0 radical (unpaired) electrons. The molecule has 0 unspecified atom stereocenters. The fraction of sp³-hybridized carbons (Fsp3) is 0.400. The number of pyridine rings is 1. The van der Waals surface area contributed by atoms with Crippen LogP contribution in [0.15, 0.2) is 24.5 Å². The van der Waals surface area contributed by atoms with Crippen LogP contribution in [-0.2, 0) is 11.2 Å². The van der Waals surface area contributed by atoms with Gasteiger partial charge < -0.3 is 5.11 Å². The van der Waals surface area contributed by atoms with Crippen molar-refractivity contribution in [3.63, 3.8) is 0 Å². The summed E-state index contributed by atoms with van der Waals surface area (Å²) >= 11 is 0. The van der Waals surface area contributed by atoms with Gasteiger partial charge in [-0.3, -0.25) is 9.78 Å². The average Bonchev–Trinajstić information content (AvgIpc) is 2.14. The molecule has 0 amide bonds. The van der Waals surface area contributed by atoms with Gasteiger partial charge in [0.05, 0.1) is 0 Å². The molecule has 4 heteroatoms. The standard InChI is InChI=1S/C10H13NO2.ClH/c12-10(13)4-2-1-3-9-5-7-11-8-6-9;/h5-8H,1-4H2,(H,12,13);1H. The Labute approximate surface area is 89.6 Å². The van der Waals surface area contributed by atoms with Crippen LogP contribution in [0.25, 0.3) is 0 Å². The molecule has 0 aliphatic carbocycles. The molecule has 0 saturated carbocycles. The summed E-state index contributed by atoms with van der Waals surface area (Å²) in [4.78, 5) is 14.1. The summed E-state index contributed by atoms with van der Waals surface area (Å²) in [6.07, 6.45) is 6.40. The molecular weight excluding hydrogens is 202 g/mol. The lowest BCUT2D eigenvalue weighted by atomic mass is 10.1. The lowest BCUT2D eigenvalue weighted by Gasteiger charge is -1.98. The summed E-state index contributed by atoms with van der Waals surface area (Å²) in [6, 6.07) is 3.92. The second-order valence-corrected chi connectivity index (χ2v) is 2.96. The third kappa shape index (κ3) is 5.54. The Bertz CT molecular complexity index is 264. The topological polar surface area (TPSA) is 50.2 Å². The third-order valence-corrected chi connectivity index (χ3v) is 1.86. The highest BCUT2D eigenvalue weighted by molar-refractivity contribution is 5.85. The van der Waals surface area contributed by atoms with Crippen molar-refractivity contribution < 1.29 is 9.90 Å². The van der Waals surface area contributed by atoms with E-state index in [9.17, 15) is 4.79 Å². The van der Waals surface area contributed by atoms with Crippen molar-refractivity contribution in [2.24, 2.45) is 0 Å². The fourth-order valence-corrected chi connectivity index (χ4v) is 1.15. The summed E-state index contributed by atoms with van der Waals surface area (Å²) in [6.45, 7) is 0. The quantitative estimate of drug-likeness (QED) is 0.767. The van der Waals surface area contributed by atoms with Gasteiger partial charge in [0, 0.05) is 18.8 Å². The predicted molar refractivity (Wildman–Crippen MR) is 56.7 cm³/mol. The first kappa shape index (κ1) is 12.9. The molecule has 0 bridgehead atoms. The fourth-order valence-electron chi connectivity index (χ4n) is 1.15. The highest BCUT2D eigenvalue weighted by Crippen LogP contribution is 2.04. The largest absolute Gasteiger partial charge is 0.481 e. The summed E-state index contributed by atoms with van der Waals surface area (Å²) in [5, 5.41) is 8.40. The van der Waals surface area contributed by atoms with Gasteiger partial charge in [-0.15, -0.1) is 12.4 Å². The van der Waals surface area contributed by atoms with Gasteiger partial charge in [0.15, 0.2) is 0 Å². The molecule has 1 heterocycles. The normalized spacial score (nSPS) is 9.14. The summed E-state index contributed by atoms with van der Waals surface area (Å²) in [5.74, 6) is -0.713. The van der Waals surface area contributed by atoms with E-state index in [4.69, 9.17) is 5.11 Å². The van der Waals surface area contributed by atoms with E-state index in [1.807, 2.05) is 12.1 Å². The van der Waals surface area contributed by atoms with Gasteiger partial charge in [-0.25, -0.2) is 0 Å². The molecule has 0 aromatic carbocycles. The number of carboxylic acid groups (broad SMARTS) is 1. The SMILES string of the molecule is Cl.O=C(O)CCCCc1ccncc1. The highest BCUT2D eigenvalue weighted by atomic mass is 35.5. The van der Waals surface area contributed by atoms with Gasteiger partial charge in [0.1, 0.15) is 0 Å². The van der Waals surface area contributed by atoms with Crippen LogP contribution in [0, 0.1) is 0 Å². The number of hydrogen-bond acceptors (Lipinski definition) is 2. The molecule has 0 saturated heterocycles. The number of unbranched alkanes of at least 4 members (excludes halogenated alkanes) is 1. The van der Waals surface area contributed by atoms with Gasteiger partial charge in [-0.2, -0.15) is 0 Å². The monoisotopic (exact) mass is 215 g/mol. The van der Waals surface area contributed by atoms with Crippen molar-refractivity contribution in [1.82, 2.24) is 4.98 Å². The Balaban J connectivity index is 0.00000169. The smallest absolute Gasteiger partial charge is 0.303 e. The zero-order valence-electron chi connectivity index (χ0n) is 7.85. The minimum absolute atomic E-state index is 0. The zero-order valence-corrected chi connectivity index (χ0v) is 8.67. The first-order chi connectivity index (χ1) is 6.29. The van der Waals surface area contributed by atoms with Crippen LogP contribution in [0.4, 0.5) is 0 Å². The second kappa shape index (κ2) is 7.33. The summed E-state index contributed by atoms with van der Waals surface area (Å²) in [5.41, 5.74) is 1.22. The van der Waals surface area contributed by atoms with E-state index in [1.165, 1.54) is 5.56 Å². The second-order valence-electron chi connectivity index (χ2n) is 2.96. The van der Waals surface area contributed by atoms with Crippen LogP contribution in [0.5, 0.6) is 0 Å². The molecule has 1 aromatic rings. The van der Waals surface area contributed by atoms with Gasteiger partial charge in [-0.1, -0.05) is 0 Å². The van der Waals surface area contributed by atoms with Gasteiger partial charge in [-0.05, 0) is 37.0 Å². The average molecular weight is 216 g/mol. The molecule has 0 aliphatic heterocycles. The van der Waals surface area contributed by atoms with Crippen molar-refractivity contribution >= 4 is 18.4 Å². The molecule has 0 fully saturated rings. The predicted octanol–water partition coefficient (Wildman–Crippen LogP) is 2.30. The molecule has 14 heavy (non-hydrogen) atoms. The molecule has 1 N–H and O–H groups in total. The maximum absolute atomic E-state index is 10.2. The molecule has 0 spiro atoms. The number of carboxylic acids is 1. The number of aryl methyl sites for hydroxylation is 1. The van der Waals surface area contributed by atoms with Gasteiger partial charge in [0.25, 0.3) is 0 Å². The maximum Gasteiger partial charge on any atom is 0.303 e. The van der Waals surface area contributed by atoms with Crippen LogP contribution in [0.1, 0.15) is 24.8 Å². The van der Waals surface area contributed by atoms with Crippen LogP contribution >= 0.6 is 12.4 Å². The first-order valence-corrected chi connectivity index (χ1v) is 4.40. The number of rotatable bonds is 5. The van der Waals surface area contributed by atoms with Crippen molar-refractivity contribution in [1.29, 1.82) is 0 Å². The van der Waals surface area contributed by atoms with E-state index in [2.05, 4.69) is 4.98 Å². The number of halogens is 1. The number of hydrogen-bond donors (Lipinski definition) is 1. The number of aromatic nitrogens is 1. The molecule has 1 aromatic heterocycles. The van der Waals surface area contributed by atoms with Gasteiger partial charge in [0.2, 0.25) is 0 Å². The first-order valence-electron chi connectivity index (χ1n) is 4.40. The maximum atomic E-state index is 10.2. The minimum atomic E-state index is -0.713. The Morgan fingerprint density at radius 2 is 1.93 bits per heavy atom. The molecule has 3 nitrogen and oxygen atoms in total. The van der Waals surface area contributed by atoms with Crippen LogP contribution in [0.3, 0.4) is 0 Å². The lowest BCUT2D eigenvalue weighted by Crippen LogP contribution is -1.94. The number of nitrogens with zero attached hydrogens (tertiary/aromatic N) is 1. The lowest BCUT2D eigenvalue weighted by molar-refractivity contribution is -0.137. The van der Waals surface area contributed by atoms with Crippen molar-refractivity contribution in [3.05, 3.63) is 30.1 Å². The molecule has 0 atom stereocenters. The molecule has 1 rings (SSSR count). The van der Waals surface area contributed by atoms with Crippen LogP contribution in [-0.4, -0.2) is 16.1 Å². The third-order valence-electron chi connectivity index (χ3n) is 1.86. The summed E-state index contributed by atoms with van der Waals surface area (Å²) in [7, 11) is 0. The highest BCUT2D eigenvalue weighted by Gasteiger charge is 1.96. The van der Waals surface area contributed by atoms with E-state index in [0.717, 1.165) is 19.3 Å². The number of carbonyl (C=O) groups is 1. The van der Waals surface area contributed by atoms with Crippen molar-refractivity contribution in [2.75, 3.05) is 0 Å². The van der Waals surface area contributed by atoms with Gasteiger partial charge >= 0.3 is 5.97 Å². The molecule has 78 valence electrons. The van der Waals surface area contributed by atoms with E-state index in [0.29, 0.717) is 0 Å². The van der Waals surface area contributed by atoms with Crippen LogP contribution in [0.2, 0.25) is 0 Å². The Hall–Kier alpha value is -1.09. The van der Waals surface area contributed by atoms with Crippen LogP contribution < -0.4 is 0 Å². The van der Waals surface area contributed by atoms with Crippen molar-refractivity contribution in [2.45, 2.75) is 25.7 Å². The van der Waals surface area contributed by atoms with E-state index in [-0.39, 0.29) is 18.8 Å². The van der Waals surface area contributed by atoms with Crippen molar-refractivity contribution in [3.8, 4) is 0 Å².